The molecule has 5 rings (SSSR count). The highest BCUT2D eigenvalue weighted by Gasteiger charge is 2.29. The molecule has 9 nitrogen and oxygen atoms in total. The third kappa shape index (κ3) is 7.94. The maximum atomic E-state index is 14.0. The Labute approximate surface area is 279 Å². The summed E-state index contributed by atoms with van der Waals surface area (Å²) in [7, 11) is 1.72. The second kappa shape index (κ2) is 15.2. The van der Waals surface area contributed by atoms with E-state index < -0.39 is 6.04 Å². The average Bonchev–Trinajstić information content (AvgIpc) is 3.39. The molecule has 10 heteroatoms. The van der Waals surface area contributed by atoms with Gasteiger partial charge in [0, 0.05) is 37.3 Å². The fraction of sp³-hybridized carbons (Fsp3) is 0.472. The molecule has 0 spiro atoms. The molecule has 3 aromatic heterocycles. The quantitative estimate of drug-likeness (QED) is 0.162. The summed E-state index contributed by atoms with van der Waals surface area (Å²) < 4.78 is 2.36. The van der Waals surface area contributed by atoms with Gasteiger partial charge in [0.15, 0.2) is 11.6 Å². The van der Waals surface area contributed by atoms with E-state index in [1.54, 1.807) is 29.0 Å². The van der Waals surface area contributed by atoms with Crippen LogP contribution in [0.5, 0.6) is 0 Å². The Kier molecular flexibility index (Phi) is 11.1. The molecule has 0 N–H and O–H groups in total. The zero-order valence-corrected chi connectivity index (χ0v) is 28.9. The van der Waals surface area contributed by atoms with Crippen LogP contribution >= 0.6 is 15.9 Å². The zero-order chi connectivity index (χ0) is 32.8. The van der Waals surface area contributed by atoms with Crippen molar-refractivity contribution in [3.05, 3.63) is 69.6 Å². The van der Waals surface area contributed by atoms with Crippen molar-refractivity contribution in [1.29, 1.82) is 0 Å². The summed E-state index contributed by atoms with van der Waals surface area (Å²) in [5, 5.41) is 5.44. The van der Waals surface area contributed by atoms with Crippen molar-refractivity contribution in [2.45, 2.75) is 104 Å². The predicted octanol–water partition coefficient (Wildman–Crippen LogP) is 7.18. The molecule has 0 saturated carbocycles. The summed E-state index contributed by atoms with van der Waals surface area (Å²) in [6.45, 7) is 5.23. The van der Waals surface area contributed by atoms with Gasteiger partial charge in [-0.2, -0.15) is 5.10 Å². The van der Waals surface area contributed by atoms with E-state index in [2.05, 4.69) is 36.9 Å². The Morgan fingerprint density at radius 2 is 1.61 bits per heavy atom. The third-order valence-electron chi connectivity index (χ3n) is 9.07. The first-order chi connectivity index (χ1) is 22.1. The van der Waals surface area contributed by atoms with Gasteiger partial charge in [0.25, 0.3) is 0 Å². The van der Waals surface area contributed by atoms with Gasteiger partial charge >= 0.3 is 0 Å². The van der Waals surface area contributed by atoms with Crippen LogP contribution in [-0.4, -0.2) is 60.2 Å². The molecule has 0 radical (unpaired) electrons. The lowest BCUT2D eigenvalue weighted by atomic mass is 9.96. The van der Waals surface area contributed by atoms with Gasteiger partial charge in [-0.1, -0.05) is 51.0 Å². The van der Waals surface area contributed by atoms with Crippen molar-refractivity contribution in [2.24, 2.45) is 0 Å². The molecule has 1 amide bonds. The van der Waals surface area contributed by atoms with E-state index in [0.717, 1.165) is 84.5 Å². The molecule has 0 saturated heterocycles. The Hall–Kier alpha value is -3.79. The molecule has 4 aromatic rings. The maximum Gasteiger partial charge on any atom is 0.244 e. The van der Waals surface area contributed by atoms with Gasteiger partial charge in [-0.05, 0) is 83.9 Å². The Balaban J connectivity index is 1.53. The summed E-state index contributed by atoms with van der Waals surface area (Å²) in [6.07, 6.45) is 13.8. The lowest BCUT2D eigenvalue weighted by Crippen LogP contribution is -2.44. The number of ketones is 2. The third-order valence-corrected chi connectivity index (χ3v) is 9.51. The molecule has 0 aliphatic carbocycles. The summed E-state index contributed by atoms with van der Waals surface area (Å²) in [5.74, 6) is 0.277. The van der Waals surface area contributed by atoms with Crippen LogP contribution in [-0.2, 0) is 29.0 Å². The fourth-order valence-corrected chi connectivity index (χ4v) is 6.73. The number of likely N-dealkylation sites (N-methyl/N-ethyl adjacent to an activating group) is 1. The van der Waals surface area contributed by atoms with E-state index in [4.69, 9.17) is 5.10 Å². The van der Waals surface area contributed by atoms with Crippen molar-refractivity contribution >= 4 is 44.3 Å². The SMILES string of the molecule is CC(=O)c1nn2c3c(cc(-c4cnc(C)nc4)cc13)CCCCCCCCCC[C@@H](C(=O)Cc1nc(Br)ccc1C)N(C)C(=O)C2. The number of halogens is 1. The molecule has 0 unspecified atom stereocenters. The first-order valence-electron chi connectivity index (χ1n) is 16.4. The number of hydrogen-bond donors (Lipinski definition) is 0. The van der Waals surface area contributed by atoms with Crippen LogP contribution in [0.2, 0.25) is 0 Å². The number of pyridine rings is 1. The number of amides is 1. The molecule has 242 valence electrons. The Morgan fingerprint density at radius 1 is 0.935 bits per heavy atom. The zero-order valence-electron chi connectivity index (χ0n) is 27.3. The number of Topliss-reactive ketones (excluding diaryl/α,β-unsaturated/α-hetero) is 2. The molecule has 46 heavy (non-hydrogen) atoms. The molecule has 1 aliphatic rings. The fourth-order valence-electron chi connectivity index (χ4n) is 6.38. The first-order valence-corrected chi connectivity index (χ1v) is 17.2. The lowest BCUT2D eigenvalue weighted by molar-refractivity contribution is -0.138. The van der Waals surface area contributed by atoms with Crippen molar-refractivity contribution in [3.63, 3.8) is 0 Å². The minimum atomic E-state index is -0.579. The monoisotopic (exact) mass is 686 g/mol. The van der Waals surface area contributed by atoms with Gasteiger partial charge in [-0.3, -0.25) is 19.1 Å². The van der Waals surface area contributed by atoms with Gasteiger partial charge in [-0.25, -0.2) is 15.0 Å². The first kappa shape index (κ1) is 33.6. The van der Waals surface area contributed by atoms with Gasteiger partial charge < -0.3 is 4.90 Å². The molecule has 1 aromatic carbocycles. The molecule has 4 heterocycles. The van der Waals surface area contributed by atoms with Crippen LogP contribution in [0.25, 0.3) is 22.0 Å². The summed E-state index contributed by atoms with van der Waals surface area (Å²) in [4.78, 5) is 55.6. The highest BCUT2D eigenvalue weighted by Crippen LogP contribution is 2.32. The molecular weight excluding hydrogens is 644 g/mol. The van der Waals surface area contributed by atoms with Crippen LogP contribution in [0.15, 0.2) is 41.3 Å². The van der Waals surface area contributed by atoms with Gasteiger partial charge in [0.1, 0.15) is 22.7 Å². The second-order valence-corrected chi connectivity index (χ2v) is 13.4. The van der Waals surface area contributed by atoms with E-state index in [1.807, 2.05) is 32.0 Å². The number of hydrogen-bond acceptors (Lipinski definition) is 7. The van der Waals surface area contributed by atoms with Gasteiger partial charge in [-0.15, -0.1) is 0 Å². The topological polar surface area (TPSA) is 111 Å². The number of carbonyl (C=O) groups is 3. The summed E-state index contributed by atoms with van der Waals surface area (Å²) >= 11 is 3.43. The Morgan fingerprint density at radius 3 is 2.30 bits per heavy atom. The van der Waals surface area contributed by atoms with Crippen LogP contribution < -0.4 is 0 Å². The van der Waals surface area contributed by atoms with Crippen LogP contribution in [0, 0.1) is 13.8 Å². The van der Waals surface area contributed by atoms with Crippen molar-refractivity contribution in [2.75, 3.05) is 7.05 Å². The smallest absolute Gasteiger partial charge is 0.244 e. The van der Waals surface area contributed by atoms with E-state index in [-0.39, 0.29) is 30.4 Å². The number of aryl methyl sites for hydroxylation is 3. The molecule has 0 fully saturated rings. The minimum absolute atomic E-state index is 0.0251. The van der Waals surface area contributed by atoms with Crippen LogP contribution in [0.3, 0.4) is 0 Å². The predicted molar refractivity (Wildman–Crippen MR) is 183 cm³/mol. The highest BCUT2D eigenvalue weighted by atomic mass is 79.9. The van der Waals surface area contributed by atoms with Gasteiger partial charge in [0.2, 0.25) is 5.91 Å². The van der Waals surface area contributed by atoms with Crippen LogP contribution in [0.1, 0.15) is 97.8 Å². The lowest BCUT2D eigenvalue weighted by Gasteiger charge is -2.28. The molecular formula is C36H43BrN6O3. The molecule has 1 aliphatic heterocycles. The number of nitrogens with zero attached hydrogens (tertiary/aromatic N) is 6. The molecule has 1 atom stereocenters. The van der Waals surface area contributed by atoms with Crippen molar-refractivity contribution in [3.8, 4) is 11.1 Å². The number of benzene rings is 1. The number of rotatable bonds is 5. The van der Waals surface area contributed by atoms with E-state index in [1.165, 1.54) is 13.3 Å². The standard InChI is InChI=1S/C36H43BrN6O3/c1-23-15-16-33(37)40-30(23)19-32(45)31-14-12-10-8-6-5-7-9-11-13-26-17-27(28-20-38-25(3)39-21-28)18-29-35(24(2)44)41-43(36(26)29)22-34(46)42(31)4/h15-18,20-21,31H,5-14,19,22H2,1-4H3/t31-/m0/s1. The second-order valence-electron chi connectivity index (χ2n) is 12.5. The summed E-state index contributed by atoms with van der Waals surface area (Å²) in [6, 6.07) is 7.32. The normalized spacial score (nSPS) is 17.2. The van der Waals surface area contributed by atoms with Crippen LogP contribution in [0.4, 0.5) is 0 Å². The average molecular weight is 688 g/mol. The van der Waals surface area contributed by atoms with Crippen molar-refractivity contribution in [1.82, 2.24) is 29.6 Å². The largest absolute Gasteiger partial charge is 0.334 e. The van der Waals surface area contributed by atoms with E-state index in [9.17, 15) is 14.4 Å². The van der Waals surface area contributed by atoms with E-state index >= 15 is 0 Å². The Bertz CT molecular complexity index is 1730. The minimum Gasteiger partial charge on any atom is -0.334 e. The number of aromatic nitrogens is 5. The summed E-state index contributed by atoms with van der Waals surface area (Å²) in [5.41, 5.74) is 5.61. The molecule has 0 bridgehead atoms. The van der Waals surface area contributed by atoms with Crippen molar-refractivity contribution < 1.29 is 14.4 Å². The highest BCUT2D eigenvalue weighted by molar-refractivity contribution is 9.10. The number of carbonyl (C=O) groups excluding carboxylic acids is 3. The van der Waals surface area contributed by atoms with Gasteiger partial charge in [0.05, 0.1) is 23.7 Å². The van der Waals surface area contributed by atoms with E-state index in [0.29, 0.717) is 28.2 Å². The maximum absolute atomic E-state index is 14.0.